The van der Waals surface area contributed by atoms with Crippen LogP contribution in [0.5, 0.6) is 11.5 Å². The van der Waals surface area contributed by atoms with Gasteiger partial charge in [-0.05, 0) is 189 Å². The number of carbonyl (C=O) groups is 2. The summed E-state index contributed by atoms with van der Waals surface area (Å²) in [7, 11) is 1.51. The van der Waals surface area contributed by atoms with Gasteiger partial charge in [0.2, 0.25) is 0 Å². The van der Waals surface area contributed by atoms with Gasteiger partial charge in [-0.1, -0.05) is 92.1 Å². The topological polar surface area (TPSA) is 147 Å². The maximum atomic E-state index is 13.4. The number of ether oxygens (including phenoxy) is 1. The van der Waals surface area contributed by atoms with E-state index in [2.05, 4.69) is 76.3 Å². The Bertz CT molecular complexity index is 2340. The van der Waals surface area contributed by atoms with E-state index in [0.29, 0.717) is 60.0 Å². The Kier molecular flexibility index (Phi) is 16.8. The fraction of sp³-hybridized carbons (Fsp3) is 0.500. The third-order valence-electron chi connectivity index (χ3n) is 15.8. The molecule has 9 nitrogen and oxygen atoms in total. The molecule has 2 aliphatic heterocycles. The van der Waals surface area contributed by atoms with Crippen LogP contribution in [0, 0.1) is 29.6 Å². The molecule has 67 heavy (non-hydrogen) atoms. The first-order valence-corrected chi connectivity index (χ1v) is 25.4. The van der Waals surface area contributed by atoms with Crippen molar-refractivity contribution in [1.29, 1.82) is 0 Å². The number of aliphatic hydroxyl groups is 1. The number of nitrogens with two attached hydrogens (primary N) is 1. The molecule has 0 radical (unpaired) electrons. The maximum absolute atomic E-state index is 13.4. The van der Waals surface area contributed by atoms with Crippen molar-refractivity contribution in [3.63, 3.8) is 0 Å². The van der Waals surface area contributed by atoms with E-state index < -0.39 is 5.60 Å². The SMILES string of the molecule is COc1cc(C=CC(=O)CC(=O)CCCC(CCC2(O)CCCC2)CC2C3CCNCC3CC3C=CCNC32)c(Cc2cnc(N)cc2CCc2cccc(CCc3ccccc3)c2)cc1O. The maximum Gasteiger partial charge on any atom is 0.163 e. The molecule has 9 heteroatoms. The lowest BCUT2D eigenvalue weighted by Gasteiger charge is -2.51. The van der Waals surface area contributed by atoms with Gasteiger partial charge in [0.25, 0.3) is 0 Å². The van der Waals surface area contributed by atoms with Gasteiger partial charge < -0.3 is 31.3 Å². The summed E-state index contributed by atoms with van der Waals surface area (Å²) in [6, 6.07) is 25.2. The van der Waals surface area contributed by atoms with Crippen LogP contribution in [0.25, 0.3) is 6.08 Å². The first-order valence-electron chi connectivity index (χ1n) is 25.4. The second-order valence-corrected chi connectivity index (χ2v) is 20.4. The average Bonchev–Trinajstić information content (AvgIpc) is 3.78. The number of hydrogen-bond acceptors (Lipinski definition) is 9. The normalized spacial score (nSPS) is 22.6. The molecular formula is C58H74N4O5. The molecule has 6 unspecified atom stereocenters. The van der Waals surface area contributed by atoms with Crippen LogP contribution in [0.1, 0.15) is 122 Å². The summed E-state index contributed by atoms with van der Waals surface area (Å²) in [6.07, 6.45) is 25.1. The van der Waals surface area contributed by atoms with Crippen molar-refractivity contribution in [3.8, 4) is 11.5 Å². The highest BCUT2D eigenvalue weighted by molar-refractivity contribution is 6.06. The Morgan fingerprint density at radius 2 is 1.72 bits per heavy atom. The third-order valence-corrected chi connectivity index (χ3v) is 15.8. The Balaban J connectivity index is 0.887. The van der Waals surface area contributed by atoms with Crippen LogP contribution in [0.3, 0.4) is 0 Å². The Morgan fingerprint density at radius 1 is 0.940 bits per heavy atom. The smallest absolute Gasteiger partial charge is 0.163 e. The minimum absolute atomic E-state index is 0.00911. The Hall–Kier alpha value is -5.09. The zero-order chi connectivity index (χ0) is 46.6. The monoisotopic (exact) mass is 907 g/mol. The highest BCUT2D eigenvalue weighted by atomic mass is 16.5. The van der Waals surface area contributed by atoms with Gasteiger partial charge in [0.15, 0.2) is 17.3 Å². The minimum atomic E-state index is -0.545. The number of aryl methyl sites for hydroxylation is 4. The standard InChI is InChI=1S/C58H74N4O5/c1-67-55-35-44(47(34-54(55)65)33-48-39-62-56(59)36-45(48)20-19-42-13-7-12-41(30-42)18-17-40-10-3-2-4-11-40)21-22-51(64)37-50(63)16-8-14-43(23-27-58(66)25-5-6-26-58)31-53-52-24-29-60-38-49(52)32-46-15-9-28-61-57(46)53/h2-4,7,9-13,15,21-22,30,34-36,39,43,46,49,52-53,57,60-61,65-66H,5-6,8,14,16-20,23-29,31-33,37-38H2,1H3,(H2,59,62). The van der Waals surface area contributed by atoms with Crippen LogP contribution in [0.4, 0.5) is 5.82 Å². The van der Waals surface area contributed by atoms with E-state index in [-0.39, 0.29) is 23.7 Å². The molecule has 3 aromatic carbocycles. The fourth-order valence-electron chi connectivity index (χ4n) is 12.1. The molecule has 3 heterocycles. The number of phenols is 1. The number of anilines is 1. The fourth-order valence-corrected chi connectivity index (χ4v) is 12.1. The summed E-state index contributed by atoms with van der Waals surface area (Å²) in [6.45, 7) is 3.12. The van der Waals surface area contributed by atoms with Crippen molar-refractivity contribution in [2.75, 3.05) is 32.5 Å². The number of benzene rings is 3. The second-order valence-electron chi connectivity index (χ2n) is 20.4. The van der Waals surface area contributed by atoms with Crippen molar-refractivity contribution in [1.82, 2.24) is 15.6 Å². The van der Waals surface area contributed by atoms with Crippen LogP contribution in [0.15, 0.2) is 97.2 Å². The Labute approximate surface area is 399 Å². The van der Waals surface area contributed by atoms with Crippen LogP contribution in [-0.4, -0.2) is 65.2 Å². The summed E-state index contributed by atoms with van der Waals surface area (Å²) in [5.41, 5.74) is 13.2. The number of methoxy groups -OCH3 is 1. The van der Waals surface area contributed by atoms with E-state index in [4.69, 9.17) is 10.5 Å². The van der Waals surface area contributed by atoms with Crippen LogP contribution in [0.2, 0.25) is 0 Å². The molecule has 6 atom stereocenters. The average molecular weight is 907 g/mol. The number of rotatable bonds is 22. The quantitative estimate of drug-likeness (QED) is 0.0296. The number of carbonyl (C=O) groups excluding carboxylic acids is 2. The molecule has 356 valence electrons. The number of ketones is 2. The zero-order valence-electron chi connectivity index (χ0n) is 39.8. The van der Waals surface area contributed by atoms with Crippen molar-refractivity contribution < 1.29 is 24.5 Å². The number of phenolic OH excluding ortho intramolecular Hbond substituents is 1. The molecule has 3 fully saturated rings. The Morgan fingerprint density at radius 3 is 2.52 bits per heavy atom. The highest BCUT2D eigenvalue weighted by Crippen LogP contribution is 2.47. The number of piperidine rings is 1. The zero-order valence-corrected chi connectivity index (χ0v) is 39.8. The molecule has 6 N–H and O–H groups in total. The summed E-state index contributed by atoms with van der Waals surface area (Å²) in [4.78, 5) is 31.3. The molecule has 4 aromatic rings. The van der Waals surface area contributed by atoms with Crippen molar-refractivity contribution >= 4 is 23.5 Å². The van der Waals surface area contributed by atoms with Crippen molar-refractivity contribution in [3.05, 3.63) is 136 Å². The molecule has 0 bridgehead atoms. The van der Waals surface area contributed by atoms with E-state index in [9.17, 15) is 19.8 Å². The van der Waals surface area contributed by atoms with Crippen molar-refractivity contribution in [2.45, 2.75) is 127 Å². The number of aromatic nitrogens is 1. The van der Waals surface area contributed by atoms with Crippen LogP contribution in [-0.2, 0) is 41.7 Å². The van der Waals surface area contributed by atoms with E-state index in [1.54, 1.807) is 24.4 Å². The van der Waals surface area contributed by atoms with Gasteiger partial charge in [-0.2, -0.15) is 0 Å². The molecule has 0 spiro atoms. The number of Topliss-reactive ketones (excluding diaryl/α,β-unsaturated/α-hetero) is 1. The van der Waals surface area contributed by atoms with E-state index in [0.717, 1.165) is 125 Å². The van der Waals surface area contributed by atoms with Gasteiger partial charge in [0, 0.05) is 25.2 Å². The highest BCUT2D eigenvalue weighted by Gasteiger charge is 2.45. The summed E-state index contributed by atoms with van der Waals surface area (Å²) >= 11 is 0. The lowest BCUT2D eigenvalue weighted by Crippen LogP contribution is -2.56. The predicted molar refractivity (Wildman–Crippen MR) is 269 cm³/mol. The second kappa shape index (κ2) is 23.3. The lowest BCUT2D eigenvalue weighted by molar-refractivity contribution is -0.124. The molecular weight excluding hydrogens is 833 g/mol. The molecule has 1 aromatic heterocycles. The predicted octanol–water partition coefficient (Wildman–Crippen LogP) is 9.73. The lowest BCUT2D eigenvalue weighted by atomic mass is 9.59. The third kappa shape index (κ3) is 13.3. The number of fused-ring (bicyclic) bond motifs is 2. The largest absolute Gasteiger partial charge is 0.504 e. The summed E-state index contributed by atoms with van der Waals surface area (Å²) in [5.74, 6) is 3.47. The summed E-state index contributed by atoms with van der Waals surface area (Å²) in [5, 5.41) is 29.8. The number of nitrogens with one attached hydrogen (secondary N) is 2. The molecule has 2 aliphatic carbocycles. The van der Waals surface area contributed by atoms with E-state index in [1.807, 2.05) is 12.1 Å². The number of pyridine rings is 1. The number of hydrogen-bond donors (Lipinski definition) is 5. The summed E-state index contributed by atoms with van der Waals surface area (Å²) < 4.78 is 5.48. The van der Waals surface area contributed by atoms with Crippen molar-refractivity contribution in [2.24, 2.45) is 29.6 Å². The molecule has 8 rings (SSSR count). The van der Waals surface area contributed by atoms with Gasteiger partial charge in [-0.25, -0.2) is 4.98 Å². The molecule has 0 amide bonds. The van der Waals surface area contributed by atoms with Gasteiger partial charge in [-0.15, -0.1) is 0 Å². The van der Waals surface area contributed by atoms with Gasteiger partial charge >= 0.3 is 0 Å². The number of allylic oxidation sites excluding steroid dienone is 1. The molecule has 2 saturated carbocycles. The number of aromatic hydroxyl groups is 1. The number of nitrogen functional groups attached to an aromatic ring is 1. The van der Waals surface area contributed by atoms with E-state index in [1.165, 1.54) is 42.7 Å². The first kappa shape index (κ1) is 48.4. The molecule has 4 aliphatic rings. The van der Waals surface area contributed by atoms with Gasteiger partial charge in [-0.3, -0.25) is 9.59 Å². The number of nitrogens with zero attached hydrogens (tertiary/aromatic N) is 1. The molecule has 1 saturated heterocycles. The van der Waals surface area contributed by atoms with E-state index >= 15 is 0 Å². The van der Waals surface area contributed by atoms with Gasteiger partial charge in [0.05, 0.1) is 19.1 Å². The van der Waals surface area contributed by atoms with Crippen LogP contribution < -0.4 is 21.1 Å². The minimum Gasteiger partial charge on any atom is -0.504 e. The van der Waals surface area contributed by atoms with Crippen LogP contribution >= 0.6 is 0 Å². The van der Waals surface area contributed by atoms with Gasteiger partial charge in [0.1, 0.15) is 11.6 Å². The first-order chi connectivity index (χ1) is 32.6.